The van der Waals surface area contributed by atoms with Crippen LogP contribution in [0.5, 0.6) is 0 Å². The van der Waals surface area contributed by atoms with Gasteiger partial charge in [-0.3, -0.25) is 4.79 Å². The van der Waals surface area contributed by atoms with Crippen LogP contribution in [-0.2, 0) is 9.63 Å². The van der Waals surface area contributed by atoms with Gasteiger partial charge in [-0.1, -0.05) is 35.9 Å². The molecule has 3 rings (SSSR count). The van der Waals surface area contributed by atoms with E-state index in [9.17, 15) is 9.59 Å². The van der Waals surface area contributed by atoms with E-state index >= 15 is 0 Å². The van der Waals surface area contributed by atoms with Gasteiger partial charge in [0, 0.05) is 23.0 Å². The normalized spacial score (nSPS) is 11.4. The summed E-state index contributed by atoms with van der Waals surface area (Å²) in [6.45, 7) is 1.20. The number of halogens is 1. The molecule has 6 nitrogen and oxygen atoms in total. The van der Waals surface area contributed by atoms with Gasteiger partial charge in [0.05, 0.1) is 0 Å². The largest absolute Gasteiger partial charge is 0.435 e. The molecule has 0 unspecified atom stereocenters. The van der Waals surface area contributed by atoms with E-state index in [0.717, 1.165) is 0 Å². The van der Waals surface area contributed by atoms with Crippen molar-refractivity contribution < 1.29 is 18.8 Å². The molecule has 3 aromatic rings. The van der Waals surface area contributed by atoms with E-state index in [4.69, 9.17) is 16.0 Å². The van der Waals surface area contributed by atoms with E-state index in [2.05, 4.69) is 15.3 Å². The lowest BCUT2D eigenvalue weighted by Crippen LogP contribution is -2.22. The molecular weight excluding hydrogens is 344 g/mol. The highest BCUT2D eigenvalue weighted by atomic mass is 35.5. The molecule has 126 valence electrons. The van der Waals surface area contributed by atoms with Crippen molar-refractivity contribution >= 4 is 40.1 Å². The Morgan fingerprint density at radius 2 is 1.92 bits per heavy atom. The van der Waals surface area contributed by atoms with Gasteiger partial charge in [0.25, 0.3) is 11.5 Å². The second-order valence-electron chi connectivity index (χ2n) is 5.14. The van der Waals surface area contributed by atoms with Gasteiger partial charge in [-0.25, -0.2) is 4.79 Å². The van der Waals surface area contributed by atoms with E-state index in [1.165, 1.54) is 6.92 Å². The number of carbonyl (C=O) groups is 2. The molecule has 0 saturated carbocycles. The van der Waals surface area contributed by atoms with E-state index in [1.54, 1.807) is 48.5 Å². The topological polar surface area (TPSA) is 80.9 Å². The molecule has 0 radical (unpaired) electrons. The molecule has 0 bridgehead atoms. The minimum absolute atomic E-state index is 0.103. The van der Waals surface area contributed by atoms with E-state index in [1.807, 2.05) is 6.07 Å². The lowest BCUT2D eigenvalue weighted by Gasteiger charge is -2.07. The molecular formula is C18H13ClN2O4. The minimum Gasteiger partial charge on any atom is -0.435 e. The number of anilines is 1. The van der Waals surface area contributed by atoms with Crippen molar-refractivity contribution in [1.29, 1.82) is 0 Å². The van der Waals surface area contributed by atoms with E-state index < -0.39 is 11.9 Å². The van der Waals surface area contributed by atoms with Crippen LogP contribution in [0.1, 0.15) is 17.3 Å². The zero-order valence-corrected chi connectivity index (χ0v) is 13.9. The van der Waals surface area contributed by atoms with Gasteiger partial charge in [0.2, 0.25) is 0 Å². The minimum atomic E-state index is -0.621. The highest BCUT2D eigenvalue weighted by Gasteiger charge is 2.14. The Balaban J connectivity index is 2.05. The molecule has 1 heterocycles. The summed E-state index contributed by atoms with van der Waals surface area (Å²) >= 11 is 5.92. The fourth-order valence-electron chi connectivity index (χ4n) is 2.17. The van der Waals surface area contributed by atoms with Gasteiger partial charge in [-0.05, 0) is 35.5 Å². The Morgan fingerprint density at radius 3 is 2.68 bits per heavy atom. The van der Waals surface area contributed by atoms with Gasteiger partial charge in [-0.15, -0.1) is 0 Å². The second-order valence-corrected chi connectivity index (χ2v) is 5.58. The lowest BCUT2D eigenvalue weighted by atomic mass is 10.1. The quantitative estimate of drug-likeness (QED) is 0.573. The molecule has 1 aromatic heterocycles. The van der Waals surface area contributed by atoms with E-state index in [0.29, 0.717) is 21.7 Å². The summed E-state index contributed by atoms with van der Waals surface area (Å²) < 4.78 is 5.60. The first kappa shape index (κ1) is 16.7. The fourth-order valence-corrected chi connectivity index (χ4v) is 2.36. The molecule has 2 aromatic carbocycles. The maximum absolute atomic E-state index is 12.6. The van der Waals surface area contributed by atoms with Crippen LogP contribution in [0.15, 0.2) is 64.2 Å². The number of hydrogen-bond donors (Lipinski definition) is 1. The number of nitrogens with zero attached hydrogens (tertiary/aromatic N) is 1. The third-order valence-corrected chi connectivity index (χ3v) is 3.48. The summed E-state index contributed by atoms with van der Waals surface area (Å²) in [4.78, 5) is 28.3. The zero-order valence-electron chi connectivity index (χ0n) is 13.2. The first-order valence-corrected chi connectivity index (χ1v) is 7.72. The van der Waals surface area contributed by atoms with Gasteiger partial charge in [0.1, 0.15) is 11.1 Å². The molecule has 0 spiro atoms. The fraction of sp³-hybridized carbons (Fsp3) is 0.0556. The van der Waals surface area contributed by atoms with E-state index in [-0.39, 0.29) is 11.1 Å². The van der Waals surface area contributed by atoms with Crippen LogP contribution < -0.4 is 10.9 Å². The van der Waals surface area contributed by atoms with Crippen molar-refractivity contribution in [1.82, 2.24) is 0 Å². The number of hydrogen-bond acceptors (Lipinski definition) is 5. The number of para-hydroxylation sites is 1. The predicted molar refractivity (Wildman–Crippen MR) is 92.9 cm³/mol. The first-order valence-electron chi connectivity index (χ1n) is 7.34. The molecule has 7 heteroatoms. The number of nitrogens with one attached hydrogen (secondary N) is 1. The van der Waals surface area contributed by atoms with Crippen LogP contribution in [-0.4, -0.2) is 11.9 Å². The van der Waals surface area contributed by atoms with Crippen molar-refractivity contribution in [2.75, 3.05) is 5.32 Å². The summed E-state index contributed by atoms with van der Waals surface area (Å²) in [5.41, 5.74) is 1.05. The highest BCUT2D eigenvalue weighted by molar-refractivity contribution is 6.31. The monoisotopic (exact) mass is 356 g/mol. The van der Waals surface area contributed by atoms with Crippen molar-refractivity contribution in [3.8, 4) is 0 Å². The summed E-state index contributed by atoms with van der Waals surface area (Å²) in [6.07, 6.45) is 0. The SMILES string of the molecule is CC(=O)ON=c1oc2ccccc2cc1C(=O)Nc1cccc(Cl)c1. The molecule has 1 amide bonds. The molecule has 0 aliphatic heterocycles. The Kier molecular flexibility index (Phi) is 4.81. The van der Waals surface area contributed by atoms with Crippen LogP contribution in [0, 0.1) is 0 Å². The highest BCUT2D eigenvalue weighted by Crippen LogP contribution is 2.17. The molecule has 0 aliphatic carbocycles. The Bertz CT molecular complexity index is 1030. The average Bonchev–Trinajstić information content (AvgIpc) is 2.59. The van der Waals surface area contributed by atoms with Crippen LogP contribution >= 0.6 is 11.6 Å². The van der Waals surface area contributed by atoms with Crippen LogP contribution in [0.2, 0.25) is 5.02 Å². The number of rotatable bonds is 3. The van der Waals surface area contributed by atoms with Crippen molar-refractivity contribution in [3.63, 3.8) is 0 Å². The summed E-state index contributed by atoms with van der Waals surface area (Å²) in [7, 11) is 0. The number of fused-ring (bicyclic) bond motifs is 1. The maximum Gasteiger partial charge on any atom is 0.332 e. The number of amides is 1. The smallest absolute Gasteiger partial charge is 0.332 e. The van der Waals surface area contributed by atoms with Gasteiger partial charge in [0.15, 0.2) is 0 Å². The number of benzene rings is 2. The van der Waals surface area contributed by atoms with Crippen LogP contribution in [0.3, 0.4) is 0 Å². The molecule has 0 saturated heterocycles. The third-order valence-electron chi connectivity index (χ3n) is 3.24. The van der Waals surface area contributed by atoms with Crippen LogP contribution in [0.25, 0.3) is 11.0 Å². The summed E-state index contributed by atoms with van der Waals surface area (Å²) in [5.74, 6) is -1.09. The summed E-state index contributed by atoms with van der Waals surface area (Å²) in [5, 5.41) is 7.54. The number of carbonyl (C=O) groups excluding carboxylic acids is 2. The zero-order chi connectivity index (χ0) is 17.8. The Morgan fingerprint density at radius 1 is 1.12 bits per heavy atom. The second kappa shape index (κ2) is 7.19. The van der Waals surface area contributed by atoms with Gasteiger partial charge < -0.3 is 14.6 Å². The molecule has 1 N–H and O–H groups in total. The van der Waals surface area contributed by atoms with Gasteiger partial charge in [-0.2, -0.15) is 0 Å². The molecule has 25 heavy (non-hydrogen) atoms. The van der Waals surface area contributed by atoms with Crippen molar-refractivity contribution in [3.05, 3.63) is 70.7 Å². The lowest BCUT2D eigenvalue weighted by molar-refractivity contribution is -0.141. The molecule has 0 atom stereocenters. The summed E-state index contributed by atoms with van der Waals surface area (Å²) in [6, 6.07) is 15.5. The Hall–Kier alpha value is -3.12. The maximum atomic E-state index is 12.6. The Labute approximate surface area is 147 Å². The predicted octanol–water partition coefficient (Wildman–Crippen LogP) is 3.72. The van der Waals surface area contributed by atoms with Crippen molar-refractivity contribution in [2.24, 2.45) is 5.16 Å². The first-order chi connectivity index (χ1) is 12.0. The molecule has 0 aliphatic rings. The van der Waals surface area contributed by atoms with Gasteiger partial charge >= 0.3 is 5.97 Å². The van der Waals surface area contributed by atoms with Crippen molar-refractivity contribution in [2.45, 2.75) is 6.92 Å². The average molecular weight is 357 g/mol. The third kappa shape index (κ3) is 4.05. The molecule has 0 fully saturated rings. The standard InChI is InChI=1S/C18H13ClN2O4/c1-11(22)25-21-18-15(9-12-5-2-3-8-16(12)24-18)17(23)20-14-7-4-6-13(19)10-14/h2-10H,1H3,(H,20,23). The van der Waals surface area contributed by atoms with Crippen LogP contribution in [0.4, 0.5) is 5.69 Å².